The highest BCUT2D eigenvalue weighted by molar-refractivity contribution is 4.96. The lowest BCUT2D eigenvalue weighted by molar-refractivity contribution is 0.189. The van der Waals surface area contributed by atoms with Gasteiger partial charge in [-0.25, -0.2) is 0 Å². The summed E-state index contributed by atoms with van der Waals surface area (Å²) in [5.41, 5.74) is 5.45. The Morgan fingerprint density at radius 3 is 3.00 bits per heavy atom. The smallest absolute Gasteiger partial charge is 0.0278 e. The number of piperidine rings is 1. The average molecular weight is 182 g/mol. The van der Waals surface area contributed by atoms with Crippen molar-refractivity contribution in [2.45, 2.75) is 38.6 Å². The van der Waals surface area contributed by atoms with Crippen molar-refractivity contribution in [2.24, 2.45) is 5.73 Å². The van der Waals surface area contributed by atoms with Gasteiger partial charge in [-0.1, -0.05) is 25.5 Å². The van der Waals surface area contributed by atoms with Crippen molar-refractivity contribution in [3.63, 3.8) is 0 Å². The predicted molar refractivity (Wildman–Crippen MR) is 57.7 cm³/mol. The molecule has 76 valence electrons. The van der Waals surface area contributed by atoms with Gasteiger partial charge in [0.25, 0.3) is 0 Å². The highest BCUT2D eigenvalue weighted by Crippen LogP contribution is 2.17. The van der Waals surface area contributed by atoms with Crippen LogP contribution in [0, 0.1) is 0 Å². The lowest BCUT2D eigenvalue weighted by Crippen LogP contribution is -2.37. The number of likely N-dealkylation sites (tertiary alicyclic amines) is 1. The van der Waals surface area contributed by atoms with E-state index >= 15 is 0 Å². The molecule has 13 heavy (non-hydrogen) atoms. The Morgan fingerprint density at radius 2 is 2.31 bits per heavy atom. The van der Waals surface area contributed by atoms with E-state index in [2.05, 4.69) is 24.0 Å². The minimum absolute atomic E-state index is 0.685. The van der Waals surface area contributed by atoms with Crippen molar-refractivity contribution in [3.8, 4) is 0 Å². The second-order valence-electron chi connectivity index (χ2n) is 3.70. The quantitative estimate of drug-likeness (QED) is 0.671. The molecule has 1 unspecified atom stereocenters. The molecule has 1 atom stereocenters. The summed E-state index contributed by atoms with van der Waals surface area (Å²) < 4.78 is 0. The molecule has 0 aromatic carbocycles. The van der Waals surface area contributed by atoms with Gasteiger partial charge in [0.15, 0.2) is 0 Å². The summed E-state index contributed by atoms with van der Waals surface area (Å²) in [6.45, 7) is 5.47. The van der Waals surface area contributed by atoms with Gasteiger partial charge in [0.2, 0.25) is 0 Å². The molecule has 1 heterocycles. The van der Waals surface area contributed by atoms with Crippen molar-refractivity contribution in [2.75, 3.05) is 19.6 Å². The van der Waals surface area contributed by atoms with E-state index in [1.165, 1.54) is 32.4 Å². The van der Waals surface area contributed by atoms with Crippen LogP contribution in [0.1, 0.15) is 32.6 Å². The molecule has 0 bridgehead atoms. The largest absolute Gasteiger partial charge is 0.330 e. The van der Waals surface area contributed by atoms with Crippen LogP contribution in [0.4, 0.5) is 0 Å². The third kappa shape index (κ3) is 3.49. The van der Waals surface area contributed by atoms with E-state index in [-0.39, 0.29) is 0 Å². The first-order valence-electron chi connectivity index (χ1n) is 5.49. The number of likely N-dealkylation sites (N-methyl/N-ethyl adjacent to an activating group) is 1. The lowest BCUT2D eigenvalue weighted by Gasteiger charge is -2.32. The molecule has 0 aromatic rings. The summed E-state index contributed by atoms with van der Waals surface area (Å²) in [5, 5.41) is 0. The second kappa shape index (κ2) is 6.17. The first kappa shape index (κ1) is 10.7. The molecule has 0 radical (unpaired) electrons. The van der Waals surface area contributed by atoms with Crippen molar-refractivity contribution < 1.29 is 0 Å². The van der Waals surface area contributed by atoms with Crippen LogP contribution in [-0.2, 0) is 0 Å². The molecule has 2 heteroatoms. The topological polar surface area (TPSA) is 29.3 Å². The van der Waals surface area contributed by atoms with Crippen LogP contribution in [-0.4, -0.2) is 30.6 Å². The van der Waals surface area contributed by atoms with Crippen LogP contribution >= 0.6 is 0 Å². The molecule has 1 rings (SSSR count). The summed E-state index contributed by atoms with van der Waals surface area (Å²) in [6, 6.07) is 0.685. The Morgan fingerprint density at radius 1 is 1.46 bits per heavy atom. The molecule has 0 spiro atoms. The average Bonchev–Trinajstić information content (AvgIpc) is 2.19. The van der Waals surface area contributed by atoms with Crippen molar-refractivity contribution in [1.29, 1.82) is 0 Å². The zero-order valence-electron chi connectivity index (χ0n) is 8.71. The fourth-order valence-corrected chi connectivity index (χ4v) is 1.98. The maximum Gasteiger partial charge on any atom is 0.0278 e. The highest BCUT2D eigenvalue weighted by Gasteiger charge is 2.17. The molecule has 0 amide bonds. The third-order valence-electron chi connectivity index (χ3n) is 2.76. The highest BCUT2D eigenvalue weighted by atomic mass is 15.1. The van der Waals surface area contributed by atoms with Gasteiger partial charge in [-0.2, -0.15) is 0 Å². The van der Waals surface area contributed by atoms with Gasteiger partial charge in [0.05, 0.1) is 0 Å². The van der Waals surface area contributed by atoms with E-state index in [1.807, 2.05) is 0 Å². The maximum absolute atomic E-state index is 5.45. The van der Waals surface area contributed by atoms with Gasteiger partial charge < -0.3 is 5.73 Å². The van der Waals surface area contributed by atoms with Crippen LogP contribution < -0.4 is 5.73 Å². The first-order chi connectivity index (χ1) is 6.38. The fraction of sp³-hybridized carbons (Fsp3) is 0.818. The van der Waals surface area contributed by atoms with E-state index < -0.39 is 0 Å². The Balaban J connectivity index is 2.35. The molecule has 1 saturated heterocycles. The van der Waals surface area contributed by atoms with E-state index in [1.54, 1.807) is 0 Å². The molecule has 1 aliphatic rings. The molecule has 2 nitrogen and oxygen atoms in total. The first-order valence-corrected chi connectivity index (χ1v) is 5.49. The summed E-state index contributed by atoms with van der Waals surface area (Å²) in [4.78, 5) is 2.55. The summed E-state index contributed by atoms with van der Waals surface area (Å²) >= 11 is 0. The normalized spacial score (nSPS) is 25.5. The zero-order chi connectivity index (χ0) is 9.52. The Bertz CT molecular complexity index is 154. The fourth-order valence-electron chi connectivity index (χ4n) is 1.98. The van der Waals surface area contributed by atoms with Crippen molar-refractivity contribution >= 4 is 0 Å². The van der Waals surface area contributed by atoms with E-state index in [0.29, 0.717) is 6.04 Å². The number of hydrogen-bond donors (Lipinski definition) is 1. The van der Waals surface area contributed by atoms with Crippen LogP contribution in [0.25, 0.3) is 0 Å². The minimum Gasteiger partial charge on any atom is -0.330 e. The summed E-state index contributed by atoms with van der Waals surface area (Å²) in [5.74, 6) is 0. The second-order valence-corrected chi connectivity index (χ2v) is 3.70. The van der Waals surface area contributed by atoms with Gasteiger partial charge in [-0.15, -0.1) is 0 Å². The van der Waals surface area contributed by atoms with E-state index in [0.717, 1.165) is 13.0 Å². The van der Waals surface area contributed by atoms with Crippen molar-refractivity contribution in [3.05, 3.63) is 12.2 Å². The van der Waals surface area contributed by atoms with Crippen LogP contribution in [0.5, 0.6) is 0 Å². The summed E-state index contributed by atoms with van der Waals surface area (Å²) in [7, 11) is 0. The lowest BCUT2D eigenvalue weighted by atomic mass is 10.0. The van der Waals surface area contributed by atoms with Crippen LogP contribution in [0.2, 0.25) is 0 Å². The number of nitrogens with two attached hydrogens (primary N) is 1. The molecule has 2 N–H and O–H groups in total. The number of nitrogens with zero attached hydrogens (tertiary/aromatic N) is 1. The minimum atomic E-state index is 0.685. The van der Waals surface area contributed by atoms with Gasteiger partial charge in [0, 0.05) is 6.04 Å². The van der Waals surface area contributed by atoms with Crippen molar-refractivity contribution in [1.82, 2.24) is 4.90 Å². The van der Waals surface area contributed by atoms with E-state index in [4.69, 9.17) is 5.73 Å². The summed E-state index contributed by atoms with van der Waals surface area (Å²) in [6.07, 6.45) is 9.68. The molecule has 1 fully saturated rings. The standard InChI is InChI=1S/C11H22N2/c1-2-13-10-6-4-8-11(13)7-3-5-9-12/h3,7,11H,2,4-6,8-10,12H2,1H3/b7-3-. The Labute approximate surface area is 81.8 Å². The molecule has 0 aliphatic carbocycles. The zero-order valence-corrected chi connectivity index (χ0v) is 8.71. The molecule has 0 saturated carbocycles. The third-order valence-corrected chi connectivity index (χ3v) is 2.76. The van der Waals surface area contributed by atoms with E-state index in [9.17, 15) is 0 Å². The van der Waals surface area contributed by atoms with Crippen LogP contribution in [0.15, 0.2) is 12.2 Å². The van der Waals surface area contributed by atoms with Gasteiger partial charge >= 0.3 is 0 Å². The van der Waals surface area contributed by atoms with Gasteiger partial charge in [-0.05, 0) is 38.9 Å². The molecule has 0 aromatic heterocycles. The SMILES string of the molecule is CCN1CCCCC1/C=C\CCN. The van der Waals surface area contributed by atoms with Crippen LogP contribution in [0.3, 0.4) is 0 Å². The molecule has 1 aliphatic heterocycles. The van der Waals surface area contributed by atoms with Gasteiger partial charge in [-0.3, -0.25) is 4.90 Å². The maximum atomic E-state index is 5.45. The molecular weight excluding hydrogens is 160 g/mol. The predicted octanol–water partition coefficient (Wildman–Crippen LogP) is 1.77. The Hall–Kier alpha value is -0.340. The monoisotopic (exact) mass is 182 g/mol. The van der Waals surface area contributed by atoms with Gasteiger partial charge in [0.1, 0.15) is 0 Å². The Kier molecular flexibility index (Phi) is 5.09. The molecular formula is C11H22N2. The number of hydrogen-bond acceptors (Lipinski definition) is 2. The number of rotatable bonds is 4.